The van der Waals surface area contributed by atoms with Crippen LogP contribution in [0.4, 0.5) is 0 Å². The Morgan fingerprint density at radius 2 is 1.78 bits per heavy atom. The van der Waals surface area contributed by atoms with E-state index in [-0.39, 0.29) is 0 Å². The van der Waals surface area contributed by atoms with Gasteiger partial charge < -0.3 is 5.11 Å². The number of likely N-dealkylation sites (N-methyl/N-ethyl adjacent to an activating group) is 1. The lowest BCUT2D eigenvalue weighted by Crippen LogP contribution is -2.38. The summed E-state index contributed by atoms with van der Waals surface area (Å²) >= 11 is 12.3. The number of aliphatic hydroxyl groups is 1. The molecule has 2 rings (SSSR count). The molecular weight excluding hydrogens is 269 g/mol. The Bertz CT molecular complexity index is 396. The number of nitrogens with zero attached hydrogens (tertiary/aromatic N) is 1. The van der Waals surface area contributed by atoms with Crippen molar-refractivity contribution in [2.24, 2.45) is 0 Å². The van der Waals surface area contributed by atoms with Gasteiger partial charge in [-0.15, -0.1) is 0 Å². The second kappa shape index (κ2) is 5.79. The van der Waals surface area contributed by atoms with Gasteiger partial charge in [0.2, 0.25) is 0 Å². The Labute approximate surface area is 119 Å². The predicted molar refractivity (Wildman–Crippen MR) is 76.2 cm³/mol. The highest BCUT2D eigenvalue weighted by Gasteiger charge is 2.32. The molecule has 0 aliphatic heterocycles. The van der Waals surface area contributed by atoms with E-state index >= 15 is 0 Å². The van der Waals surface area contributed by atoms with Crippen LogP contribution in [0.2, 0.25) is 10.0 Å². The van der Waals surface area contributed by atoms with Gasteiger partial charge >= 0.3 is 0 Å². The monoisotopic (exact) mass is 287 g/mol. The maximum atomic E-state index is 10.4. The topological polar surface area (TPSA) is 23.5 Å². The summed E-state index contributed by atoms with van der Waals surface area (Å²) in [4.78, 5) is 2.10. The molecule has 1 aromatic rings. The van der Waals surface area contributed by atoms with E-state index in [0.29, 0.717) is 23.1 Å². The van der Waals surface area contributed by atoms with Crippen LogP contribution in [0.3, 0.4) is 0 Å². The molecule has 1 aliphatic carbocycles. The van der Waals surface area contributed by atoms with Crippen LogP contribution < -0.4 is 0 Å². The molecule has 2 nitrogen and oxygen atoms in total. The van der Waals surface area contributed by atoms with Crippen molar-refractivity contribution in [2.75, 3.05) is 13.6 Å². The fraction of sp³-hybridized carbons (Fsp3) is 0.571. The summed E-state index contributed by atoms with van der Waals surface area (Å²) in [5.41, 5.74) is 0.410. The maximum Gasteiger partial charge on any atom is 0.0774 e. The van der Waals surface area contributed by atoms with E-state index in [9.17, 15) is 5.11 Å². The Morgan fingerprint density at radius 1 is 1.22 bits per heavy atom. The van der Waals surface area contributed by atoms with Crippen molar-refractivity contribution in [3.63, 3.8) is 0 Å². The molecule has 1 aliphatic rings. The van der Waals surface area contributed by atoms with Gasteiger partial charge in [-0.1, -0.05) is 42.1 Å². The smallest absolute Gasteiger partial charge is 0.0774 e. The van der Waals surface area contributed by atoms with Crippen LogP contribution in [0.1, 0.15) is 31.2 Å². The average Bonchev–Trinajstić information content (AvgIpc) is 2.70. The van der Waals surface area contributed by atoms with Crippen LogP contribution >= 0.6 is 23.2 Å². The normalized spacial score (nSPS) is 18.5. The van der Waals surface area contributed by atoms with Gasteiger partial charge in [-0.05, 0) is 32.0 Å². The quantitative estimate of drug-likeness (QED) is 0.912. The minimum absolute atomic E-state index is 0.525. The van der Waals surface area contributed by atoms with E-state index in [2.05, 4.69) is 4.90 Å². The highest BCUT2D eigenvalue weighted by atomic mass is 35.5. The lowest BCUT2D eigenvalue weighted by atomic mass is 10.0. The number of hydrogen-bond donors (Lipinski definition) is 1. The molecule has 0 atom stereocenters. The van der Waals surface area contributed by atoms with Crippen LogP contribution in [0.25, 0.3) is 0 Å². The van der Waals surface area contributed by atoms with Gasteiger partial charge in [0.1, 0.15) is 0 Å². The van der Waals surface area contributed by atoms with E-state index in [1.165, 1.54) is 0 Å². The molecule has 0 saturated heterocycles. The van der Waals surface area contributed by atoms with E-state index in [0.717, 1.165) is 31.2 Å². The van der Waals surface area contributed by atoms with Gasteiger partial charge in [0.25, 0.3) is 0 Å². The van der Waals surface area contributed by atoms with Gasteiger partial charge in [0.15, 0.2) is 0 Å². The molecule has 0 bridgehead atoms. The minimum Gasteiger partial charge on any atom is -0.389 e. The highest BCUT2D eigenvalue weighted by Crippen LogP contribution is 2.31. The molecule has 0 spiro atoms. The van der Waals surface area contributed by atoms with E-state index in [1.54, 1.807) is 0 Å². The summed E-state index contributed by atoms with van der Waals surface area (Å²) in [6, 6.07) is 5.54. The Balaban J connectivity index is 2.00. The first-order valence-electron chi connectivity index (χ1n) is 6.34. The van der Waals surface area contributed by atoms with Crippen molar-refractivity contribution in [2.45, 2.75) is 37.8 Å². The third-order valence-corrected chi connectivity index (χ3v) is 4.30. The van der Waals surface area contributed by atoms with Gasteiger partial charge in [-0.25, -0.2) is 0 Å². The predicted octanol–water partition coefficient (Wildman–Crippen LogP) is 3.73. The molecule has 0 radical (unpaired) electrons. The molecule has 0 amide bonds. The molecule has 1 saturated carbocycles. The molecule has 1 N–H and O–H groups in total. The van der Waals surface area contributed by atoms with Gasteiger partial charge in [-0.3, -0.25) is 4.90 Å². The van der Waals surface area contributed by atoms with Crippen LogP contribution in [0, 0.1) is 0 Å². The molecule has 100 valence electrons. The van der Waals surface area contributed by atoms with Crippen LogP contribution in [-0.2, 0) is 6.54 Å². The molecule has 1 fully saturated rings. The number of halogens is 2. The summed E-state index contributed by atoms with van der Waals surface area (Å²) < 4.78 is 0. The number of benzene rings is 1. The summed E-state index contributed by atoms with van der Waals surface area (Å²) in [5.74, 6) is 0. The first-order valence-corrected chi connectivity index (χ1v) is 7.10. The van der Waals surface area contributed by atoms with Crippen molar-refractivity contribution in [3.05, 3.63) is 33.8 Å². The molecule has 0 aromatic heterocycles. The number of rotatable bonds is 4. The lowest BCUT2D eigenvalue weighted by Gasteiger charge is -2.29. The van der Waals surface area contributed by atoms with E-state index in [4.69, 9.17) is 23.2 Å². The van der Waals surface area contributed by atoms with Gasteiger partial charge in [0, 0.05) is 28.7 Å². The summed E-state index contributed by atoms with van der Waals surface area (Å²) in [6.45, 7) is 1.34. The fourth-order valence-electron chi connectivity index (χ4n) is 2.70. The van der Waals surface area contributed by atoms with Crippen molar-refractivity contribution in [3.8, 4) is 0 Å². The maximum absolute atomic E-state index is 10.4. The highest BCUT2D eigenvalue weighted by molar-refractivity contribution is 6.35. The Morgan fingerprint density at radius 3 is 2.33 bits per heavy atom. The lowest BCUT2D eigenvalue weighted by molar-refractivity contribution is 0.0145. The first-order chi connectivity index (χ1) is 8.50. The van der Waals surface area contributed by atoms with Gasteiger partial charge in [0.05, 0.1) is 5.60 Å². The standard InChI is InChI=1S/C14H19Cl2NO/c1-17(10-14(18)7-2-3-8-14)9-11-12(15)5-4-6-13(11)16/h4-6,18H,2-3,7-10H2,1H3. The zero-order chi connectivity index (χ0) is 13.2. The third kappa shape index (κ3) is 3.39. The number of hydrogen-bond acceptors (Lipinski definition) is 2. The van der Waals surface area contributed by atoms with E-state index < -0.39 is 5.60 Å². The second-order valence-corrected chi connectivity index (χ2v) is 6.12. The van der Waals surface area contributed by atoms with E-state index in [1.807, 2.05) is 25.2 Å². The molecule has 1 aromatic carbocycles. The van der Waals surface area contributed by atoms with Crippen LogP contribution in [-0.4, -0.2) is 29.2 Å². The summed E-state index contributed by atoms with van der Waals surface area (Å²) in [7, 11) is 2.00. The van der Waals surface area contributed by atoms with Gasteiger partial charge in [-0.2, -0.15) is 0 Å². The summed E-state index contributed by atoms with van der Waals surface area (Å²) in [5, 5.41) is 11.7. The average molecular weight is 288 g/mol. The zero-order valence-corrected chi connectivity index (χ0v) is 12.1. The van der Waals surface area contributed by atoms with Crippen molar-refractivity contribution in [1.82, 2.24) is 4.90 Å². The zero-order valence-electron chi connectivity index (χ0n) is 10.6. The largest absolute Gasteiger partial charge is 0.389 e. The molecule has 0 heterocycles. The third-order valence-electron chi connectivity index (χ3n) is 3.59. The van der Waals surface area contributed by atoms with Crippen molar-refractivity contribution >= 4 is 23.2 Å². The SMILES string of the molecule is CN(Cc1c(Cl)cccc1Cl)CC1(O)CCCC1. The second-order valence-electron chi connectivity index (χ2n) is 5.30. The molecule has 4 heteroatoms. The summed E-state index contributed by atoms with van der Waals surface area (Å²) in [6.07, 6.45) is 4.04. The first kappa shape index (κ1) is 14.1. The van der Waals surface area contributed by atoms with Crippen molar-refractivity contribution < 1.29 is 5.11 Å². The van der Waals surface area contributed by atoms with Crippen LogP contribution in [0.15, 0.2) is 18.2 Å². The molecular formula is C14H19Cl2NO. The Hall–Kier alpha value is -0.280. The Kier molecular flexibility index (Phi) is 4.54. The van der Waals surface area contributed by atoms with Crippen LogP contribution in [0.5, 0.6) is 0 Å². The molecule has 0 unspecified atom stereocenters. The fourth-order valence-corrected chi connectivity index (χ4v) is 3.22. The molecule has 18 heavy (non-hydrogen) atoms. The minimum atomic E-state index is -0.525. The van der Waals surface area contributed by atoms with Crippen molar-refractivity contribution in [1.29, 1.82) is 0 Å².